The summed E-state index contributed by atoms with van der Waals surface area (Å²) in [5.41, 5.74) is 3.52. The van der Waals surface area contributed by atoms with E-state index in [-0.39, 0.29) is 6.04 Å². The van der Waals surface area contributed by atoms with Crippen LogP contribution in [0.1, 0.15) is 23.0 Å². The number of anilines is 1. The van der Waals surface area contributed by atoms with E-state index in [2.05, 4.69) is 74.7 Å². The second-order valence-electron chi connectivity index (χ2n) is 8.05. The van der Waals surface area contributed by atoms with Gasteiger partial charge in [-0.2, -0.15) is 0 Å². The number of methoxy groups -OCH3 is 1. The average molecular weight is 450 g/mol. The molecule has 1 saturated heterocycles. The minimum Gasteiger partial charge on any atom is -0.383 e. The molecule has 0 aliphatic carbocycles. The van der Waals surface area contributed by atoms with Gasteiger partial charge in [-0.3, -0.25) is 4.90 Å². The lowest BCUT2D eigenvalue weighted by Gasteiger charge is -2.38. The van der Waals surface area contributed by atoms with E-state index >= 15 is 0 Å². The quantitative estimate of drug-likeness (QED) is 0.429. The smallest absolute Gasteiger partial charge is 0.186 e. The van der Waals surface area contributed by atoms with Gasteiger partial charge in [0.1, 0.15) is 0 Å². The number of hydrogen-bond donors (Lipinski definition) is 0. The number of fused-ring (bicyclic) bond motifs is 1. The van der Waals surface area contributed by atoms with Gasteiger partial charge in [-0.05, 0) is 35.0 Å². The van der Waals surface area contributed by atoms with E-state index in [0.29, 0.717) is 13.2 Å². The Morgan fingerprint density at radius 2 is 1.81 bits per heavy atom. The van der Waals surface area contributed by atoms with Gasteiger partial charge in [0.2, 0.25) is 0 Å². The summed E-state index contributed by atoms with van der Waals surface area (Å²) in [5.74, 6) is 0.861. The van der Waals surface area contributed by atoms with Gasteiger partial charge in [0.05, 0.1) is 29.4 Å². The molecule has 8 nitrogen and oxygen atoms in total. The van der Waals surface area contributed by atoms with Crippen LogP contribution in [0, 0.1) is 6.92 Å². The van der Waals surface area contributed by atoms with Crippen LogP contribution in [0.2, 0.25) is 0 Å². The first-order valence-corrected chi connectivity index (χ1v) is 11.7. The Hall–Kier alpha value is -2.88. The third-order valence-corrected chi connectivity index (χ3v) is 7.03. The Kier molecular flexibility index (Phi) is 6.11. The van der Waals surface area contributed by atoms with Crippen LogP contribution in [-0.2, 0) is 11.3 Å². The Morgan fingerprint density at radius 1 is 1.03 bits per heavy atom. The molecular formula is C23H27N7OS. The molecule has 5 rings (SSSR count). The predicted octanol–water partition coefficient (Wildman–Crippen LogP) is 3.15. The molecule has 0 amide bonds. The fraction of sp³-hybridized carbons (Fsp3) is 0.391. The zero-order valence-corrected chi connectivity index (χ0v) is 19.2. The van der Waals surface area contributed by atoms with Crippen LogP contribution in [0.3, 0.4) is 0 Å². The first kappa shape index (κ1) is 21.0. The van der Waals surface area contributed by atoms with Crippen molar-refractivity contribution in [2.75, 3.05) is 44.8 Å². The molecule has 1 aliphatic rings. The minimum atomic E-state index is -0.0000248. The summed E-state index contributed by atoms with van der Waals surface area (Å²) in [5, 5.41) is 13.7. The maximum absolute atomic E-state index is 5.26. The number of piperazine rings is 1. The number of para-hydroxylation sites is 1. The van der Waals surface area contributed by atoms with Crippen molar-refractivity contribution < 1.29 is 4.74 Å². The predicted molar refractivity (Wildman–Crippen MR) is 126 cm³/mol. The zero-order chi connectivity index (χ0) is 21.9. The van der Waals surface area contributed by atoms with E-state index in [4.69, 9.17) is 9.72 Å². The molecule has 9 heteroatoms. The molecule has 1 atom stereocenters. The Labute approximate surface area is 191 Å². The van der Waals surface area contributed by atoms with Crippen molar-refractivity contribution in [2.24, 2.45) is 0 Å². The summed E-state index contributed by atoms with van der Waals surface area (Å²) in [4.78, 5) is 9.71. The summed E-state index contributed by atoms with van der Waals surface area (Å²) in [6.07, 6.45) is 0. The zero-order valence-electron chi connectivity index (χ0n) is 18.4. The maximum atomic E-state index is 5.26. The molecule has 2 aromatic carbocycles. The molecule has 32 heavy (non-hydrogen) atoms. The van der Waals surface area contributed by atoms with Crippen LogP contribution in [-0.4, -0.2) is 70.0 Å². The fourth-order valence-electron chi connectivity index (χ4n) is 4.18. The minimum absolute atomic E-state index is 0.0000248. The topological polar surface area (TPSA) is 72.2 Å². The first-order valence-electron chi connectivity index (χ1n) is 10.9. The lowest BCUT2D eigenvalue weighted by molar-refractivity contribution is 0.171. The molecule has 0 N–H and O–H groups in total. The van der Waals surface area contributed by atoms with Crippen molar-refractivity contribution in [2.45, 2.75) is 19.5 Å². The van der Waals surface area contributed by atoms with Crippen molar-refractivity contribution in [3.8, 4) is 0 Å². The third kappa shape index (κ3) is 4.23. The van der Waals surface area contributed by atoms with Gasteiger partial charge < -0.3 is 9.64 Å². The molecule has 0 saturated carbocycles. The number of nitrogens with zero attached hydrogens (tertiary/aromatic N) is 7. The Bertz CT molecular complexity index is 1130. The van der Waals surface area contributed by atoms with Gasteiger partial charge in [-0.1, -0.05) is 53.3 Å². The lowest BCUT2D eigenvalue weighted by Crippen LogP contribution is -2.48. The van der Waals surface area contributed by atoms with Crippen LogP contribution in [0.15, 0.2) is 48.5 Å². The van der Waals surface area contributed by atoms with E-state index in [1.165, 1.54) is 15.8 Å². The van der Waals surface area contributed by atoms with Crippen LogP contribution in [0.25, 0.3) is 10.2 Å². The first-order chi connectivity index (χ1) is 15.7. The molecule has 166 valence electrons. The fourth-order valence-corrected chi connectivity index (χ4v) is 5.20. The van der Waals surface area contributed by atoms with Crippen molar-refractivity contribution in [3.05, 3.63) is 65.5 Å². The van der Waals surface area contributed by atoms with Crippen LogP contribution in [0.5, 0.6) is 0 Å². The highest BCUT2D eigenvalue weighted by Crippen LogP contribution is 2.32. The number of thiazole rings is 1. The van der Waals surface area contributed by atoms with Crippen molar-refractivity contribution in [1.29, 1.82) is 0 Å². The van der Waals surface area contributed by atoms with Crippen LogP contribution in [0.4, 0.5) is 5.13 Å². The molecule has 4 aromatic rings. The summed E-state index contributed by atoms with van der Waals surface area (Å²) < 4.78 is 8.37. The molecule has 3 heterocycles. The second-order valence-corrected chi connectivity index (χ2v) is 9.06. The van der Waals surface area contributed by atoms with E-state index in [0.717, 1.165) is 42.7 Å². The van der Waals surface area contributed by atoms with Crippen molar-refractivity contribution in [1.82, 2.24) is 30.1 Å². The number of rotatable bonds is 7. The third-order valence-electron chi connectivity index (χ3n) is 5.94. The largest absolute Gasteiger partial charge is 0.383 e. The summed E-state index contributed by atoms with van der Waals surface area (Å²) in [6, 6.07) is 17.0. The number of aromatic nitrogens is 5. The molecule has 0 unspecified atom stereocenters. The van der Waals surface area contributed by atoms with Crippen LogP contribution < -0.4 is 4.90 Å². The van der Waals surface area contributed by atoms with Gasteiger partial charge in [0.25, 0.3) is 0 Å². The molecule has 0 bridgehead atoms. The molecular weight excluding hydrogens is 422 g/mol. The highest BCUT2D eigenvalue weighted by Gasteiger charge is 2.31. The molecule has 1 aliphatic heterocycles. The Balaban J connectivity index is 1.39. The molecule has 1 fully saturated rings. The van der Waals surface area contributed by atoms with E-state index in [1.807, 2.05) is 10.7 Å². The van der Waals surface area contributed by atoms with Gasteiger partial charge >= 0.3 is 0 Å². The van der Waals surface area contributed by atoms with Gasteiger partial charge in [0, 0.05) is 33.3 Å². The molecule has 2 aromatic heterocycles. The monoisotopic (exact) mass is 449 g/mol. The Morgan fingerprint density at radius 3 is 2.56 bits per heavy atom. The average Bonchev–Trinajstić information content (AvgIpc) is 3.47. The van der Waals surface area contributed by atoms with Gasteiger partial charge in [0.15, 0.2) is 11.0 Å². The number of aryl methyl sites for hydroxylation is 1. The second kappa shape index (κ2) is 9.32. The van der Waals surface area contributed by atoms with Crippen molar-refractivity contribution in [3.63, 3.8) is 0 Å². The molecule has 0 radical (unpaired) electrons. The van der Waals surface area contributed by atoms with Crippen LogP contribution >= 0.6 is 11.3 Å². The molecule has 0 spiro atoms. The number of benzene rings is 2. The SMILES string of the molecule is COCCn1nnnc1[C@@H](c1ccc(C)cc1)N1CCN(c2nc3ccccc3s2)CC1. The summed E-state index contributed by atoms with van der Waals surface area (Å²) in [6.45, 7) is 6.97. The number of ether oxygens (including phenoxy) is 1. The van der Waals surface area contributed by atoms with Crippen molar-refractivity contribution >= 4 is 26.7 Å². The van der Waals surface area contributed by atoms with Gasteiger partial charge in [-0.15, -0.1) is 5.10 Å². The van der Waals surface area contributed by atoms with Gasteiger partial charge in [-0.25, -0.2) is 9.67 Å². The number of hydrogen-bond acceptors (Lipinski definition) is 8. The van der Waals surface area contributed by atoms with E-state index in [1.54, 1.807) is 18.4 Å². The summed E-state index contributed by atoms with van der Waals surface area (Å²) >= 11 is 1.77. The lowest BCUT2D eigenvalue weighted by atomic mass is 10.0. The summed E-state index contributed by atoms with van der Waals surface area (Å²) in [7, 11) is 1.70. The number of tetrazole rings is 1. The van der Waals surface area contributed by atoms with E-state index < -0.39 is 0 Å². The maximum Gasteiger partial charge on any atom is 0.186 e. The standard InChI is InChI=1S/C23H27N7OS/c1-17-7-9-18(10-8-17)21(22-25-26-27-30(22)15-16-31-2)28-11-13-29(14-12-28)23-24-19-5-3-4-6-20(19)32-23/h3-10,21H,11-16H2,1-2H3/t21-/m1/s1. The van der Waals surface area contributed by atoms with E-state index in [9.17, 15) is 0 Å². The highest BCUT2D eigenvalue weighted by atomic mass is 32.1. The normalized spacial score (nSPS) is 16.0. The highest BCUT2D eigenvalue weighted by molar-refractivity contribution is 7.22.